The molecule has 0 spiro atoms. The first kappa shape index (κ1) is 12.8. The summed E-state index contributed by atoms with van der Waals surface area (Å²) in [6.07, 6.45) is 2.49. The number of benzene rings is 1. The Morgan fingerprint density at radius 3 is 2.25 bits per heavy atom. The lowest BCUT2D eigenvalue weighted by Gasteiger charge is -2.06. The zero-order valence-electron chi connectivity index (χ0n) is 10.0. The van der Waals surface area contributed by atoms with Crippen LogP contribution in [-0.4, -0.2) is 4.21 Å². The lowest BCUT2D eigenvalue weighted by atomic mass is 9.99. The Bertz CT molecular complexity index is 430. The molecule has 0 aliphatic carbocycles. The Balaban J connectivity index is 2.66. The highest BCUT2D eigenvalue weighted by Gasteiger charge is 2.06. The van der Waals surface area contributed by atoms with E-state index in [9.17, 15) is 4.21 Å². The van der Waals surface area contributed by atoms with Crippen LogP contribution in [0.15, 0.2) is 29.2 Å². The maximum Gasteiger partial charge on any atom is 0.249 e. The second-order valence-corrected chi connectivity index (χ2v) is 5.72. The molecule has 1 atom stereocenters. The molecule has 16 heavy (non-hydrogen) atoms. The van der Waals surface area contributed by atoms with Crippen LogP contribution in [0, 0.1) is 24.4 Å². The summed E-state index contributed by atoms with van der Waals surface area (Å²) < 4.78 is 16.6. The minimum Gasteiger partial charge on any atom is -0.342 e. The molecule has 0 fully saturated rings. The third-order valence-corrected chi connectivity index (χ3v) is 2.65. The van der Waals surface area contributed by atoms with E-state index in [4.69, 9.17) is 4.18 Å². The smallest absolute Gasteiger partial charge is 0.249 e. The van der Waals surface area contributed by atoms with E-state index in [1.54, 1.807) is 12.1 Å². The Labute approximate surface area is 99.7 Å². The molecule has 0 bridgehead atoms. The zero-order chi connectivity index (χ0) is 12.2. The van der Waals surface area contributed by atoms with Gasteiger partial charge in [0, 0.05) is 5.41 Å². The molecule has 0 amide bonds. The van der Waals surface area contributed by atoms with Gasteiger partial charge < -0.3 is 4.18 Å². The number of rotatable bonds is 2. The van der Waals surface area contributed by atoms with Crippen LogP contribution in [0.25, 0.3) is 0 Å². The SMILES string of the molecule is Cc1ccc(S(=O)OC#CC(C)(C)C)cc1. The third-order valence-electron chi connectivity index (χ3n) is 1.76. The molecule has 0 N–H and O–H groups in total. The Morgan fingerprint density at radius 1 is 1.19 bits per heavy atom. The summed E-state index contributed by atoms with van der Waals surface area (Å²) in [6.45, 7) is 7.89. The average Bonchev–Trinajstić information content (AvgIpc) is 2.16. The number of hydrogen-bond acceptors (Lipinski definition) is 2. The largest absolute Gasteiger partial charge is 0.342 e. The van der Waals surface area contributed by atoms with Crippen LogP contribution < -0.4 is 0 Å². The van der Waals surface area contributed by atoms with Crippen molar-refractivity contribution in [3.63, 3.8) is 0 Å². The van der Waals surface area contributed by atoms with Gasteiger partial charge in [-0.15, -0.1) is 0 Å². The van der Waals surface area contributed by atoms with Crippen LogP contribution in [0.5, 0.6) is 0 Å². The Kier molecular flexibility index (Phi) is 4.14. The first-order valence-electron chi connectivity index (χ1n) is 5.06. The van der Waals surface area contributed by atoms with E-state index in [0.29, 0.717) is 4.90 Å². The summed E-state index contributed by atoms with van der Waals surface area (Å²) in [5.74, 6) is 2.87. The van der Waals surface area contributed by atoms with Crippen LogP contribution in [-0.2, 0) is 15.3 Å². The van der Waals surface area contributed by atoms with Gasteiger partial charge >= 0.3 is 0 Å². The summed E-state index contributed by atoms with van der Waals surface area (Å²) in [7, 11) is 0. The minimum absolute atomic E-state index is 0.141. The van der Waals surface area contributed by atoms with Crippen molar-refractivity contribution in [2.45, 2.75) is 32.6 Å². The van der Waals surface area contributed by atoms with Gasteiger partial charge in [0.2, 0.25) is 11.1 Å². The van der Waals surface area contributed by atoms with Crippen molar-refractivity contribution in [2.75, 3.05) is 0 Å². The molecule has 0 saturated heterocycles. The van der Waals surface area contributed by atoms with Crippen LogP contribution in [0.1, 0.15) is 26.3 Å². The van der Waals surface area contributed by atoms with Crippen LogP contribution in [0.2, 0.25) is 0 Å². The topological polar surface area (TPSA) is 26.3 Å². The third kappa shape index (κ3) is 4.50. The molecule has 0 heterocycles. The fraction of sp³-hybridized carbons (Fsp3) is 0.385. The van der Waals surface area contributed by atoms with Crippen molar-refractivity contribution in [3.8, 4) is 12.0 Å². The maximum absolute atomic E-state index is 11.6. The number of aryl methyl sites for hydroxylation is 1. The summed E-state index contributed by atoms with van der Waals surface area (Å²) in [5.41, 5.74) is 0.985. The first-order valence-corrected chi connectivity index (χ1v) is 6.14. The van der Waals surface area contributed by atoms with Crippen molar-refractivity contribution in [2.24, 2.45) is 5.41 Å². The van der Waals surface area contributed by atoms with Crippen LogP contribution in [0.4, 0.5) is 0 Å². The summed E-state index contributed by atoms with van der Waals surface area (Å²) in [6, 6.07) is 7.36. The van der Waals surface area contributed by atoms with E-state index >= 15 is 0 Å². The van der Waals surface area contributed by atoms with Gasteiger partial charge in [-0.2, -0.15) is 0 Å². The second-order valence-electron chi connectivity index (χ2n) is 4.61. The monoisotopic (exact) mass is 236 g/mol. The van der Waals surface area contributed by atoms with Crippen molar-refractivity contribution in [1.82, 2.24) is 0 Å². The van der Waals surface area contributed by atoms with Crippen LogP contribution in [0.3, 0.4) is 0 Å². The lowest BCUT2D eigenvalue weighted by molar-refractivity contribution is 0.520. The van der Waals surface area contributed by atoms with Gasteiger partial charge in [0.15, 0.2) is 0 Å². The van der Waals surface area contributed by atoms with Gasteiger partial charge in [-0.25, -0.2) is 4.21 Å². The molecule has 1 unspecified atom stereocenters. The summed E-state index contributed by atoms with van der Waals surface area (Å²) >= 11 is -1.50. The highest BCUT2D eigenvalue weighted by molar-refractivity contribution is 7.80. The molecule has 3 heteroatoms. The molecule has 1 aromatic carbocycles. The molecule has 0 saturated carbocycles. The highest BCUT2D eigenvalue weighted by Crippen LogP contribution is 2.11. The average molecular weight is 236 g/mol. The van der Waals surface area contributed by atoms with Crippen molar-refractivity contribution in [1.29, 1.82) is 0 Å². The second kappa shape index (κ2) is 5.18. The van der Waals surface area contributed by atoms with Gasteiger partial charge in [0.25, 0.3) is 0 Å². The molecule has 2 nitrogen and oxygen atoms in total. The predicted octanol–water partition coefficient (Wildman–Crippen LogP) is 3.04. The maximum atomic E-state index is 11.6. The molecule has 1 rings (SSSR count). The normalized spacial score (nSPS) is 12.5. The Morgan fingerprint density at radius 2 is 1.75 bits per heavy atom. The standard InChI is InChI=1S/C13H16O2S/c1-11-5-7-12(8-6-11)16(14)15-10-9-13(2,3)4/h5-8H,1-4H3. The number of hydrogen-bond donors (Lipinski definition) is 0. The highest BCUT2D eigenvalue weighted by atomic mass is 32.2. The van der Waals surface area contributed by atoms with E-state index in [1.807, 2.05) is 39.8 Å². The minimum atomic E-state index is -1.50. The molecule has 86 valence electrons. The van der Waals surface area contributed by atoms with Gasteiger partial charge in [-0.3, -0.25) is 0 Å². The van der Waals surface area contributed by atoms with E-state index in [2.05, 4.69) is 12.0 Å². The Hall–Kier alpha value is -1.27. The summed E-state index contributed by atoms with van der Waals surface area (Å²) in [4.78, 5) is 0.633. The van der Waals surface area contributed by atoms with Gasteiger partial charge in [0.05, 0.1) is 4.90 Å². The van der Waals surface area contributed by atoms with E-state index in [0.717, 1.165) is 5.56 Å². The molecular weight excluding hydrogens is 220 g/mol. The molecule has 1 aromatic rings. The van der Waals surface area contributed by atoms with E-state index in [-0.39, 0.29) is 5.41 Å². The molecule has 0 aliphatic heterocycles. The molecule has 0 radical (unpaired) electrons. The van der Waals surface area contributed by atoms with E-state index in [1.165, 1.54) is 0 Å². The lowest BCUT2D eigenvalue weighted by Crippen LogP contribution is -2.00. The molecular formula is C13H16O2S. The van der Waals surface area contributed by atoms with Gasteiger partial charge in [0.1, 0.15) is 6.11 Å². The first-order chi connectivity index (χ1) is 7.38. The van der Waals surface area contributed by atoms with Crippen molar-refractivity contribution < 1.29 is 8.39 Å². The quantitative estimate of drug-likeness (QED) is 0.738. The van der Waals surface area contributed by atoms with Gasteiger partial charge in [-0.1, -0.05) is 23.6 Å². The van der Waals surface area contributed by atoms with Crippen LogP contribution >= 0.6 is 0 Å². The van der Waals surface area contributed by atoms with Crippen molar-refractivity contribution in [3.05, 3.63) is 29.8 Å². The van der Waals surface area contributed by atoms with E-state index < -0.39 is 11.1 Å². The molecule has 0 aromatic heterocycles. The fourth-order valence-electron chi connectivity index (χ4n) is 0.909. The van der Waals surface area contributed by atoms with Crippen molar-refractivity contribution >= 4 is 11.1 Å². The fourth-order valence-corrected chi connectivity index (χ4v) is 1.48. The summed E-state index contributed by atoms with van der Waals surface area (Å²) in [5, 5.41) is 0. The van der Waals surface area contributed by atoms with Gasteiger partial charge in [-0.05, 0) is 39.8 Å². The molecule has 0 aliphatic rings. The predicted molar refractivity (Wildman–Crippen MR) is 65.9 cm³/mol. The zero-order valence-corrected chi connectivity index (χ0v) is 10.9.